The number of aryl methyl sites for hydroxylation is 2. The summed E-state index contributed by atoms with van der Waals surface area (Å²) in [6.07, 6.45) is 1.52. The Morgan fingerprint density at radius 2 is 0.811 bits per heavy atom. The van der Waals surface area contributed by atoms with Crippen LogP contribution in [-0.4, -0.2) is 69.4 Å². The number of carbonyl (C=O) groups is 2. The largest absolute Gasteiger partial charge is 0.497 e. The average Bonchev–Trinajstić information content (AvgIpc) is 4.25. The molecule has 2 aliphatic rings. The fourth-order valence-electron chi connectivity index (χ4n) is 8.68. The Kier molecular flexibility index (Phi) is 15.6. The summed E-state index contributed by atoms with van der Waals surface area (Å²) in [5.74, 6) is 2.76. The van der Waals surface area contributed by atoms with E-state index in [2.05, 4.69) is 10.6 Å². The minimum absolute atomic E-state index is 0.111. The van der Waals surface area contributed by atoms with Crippen molar-refractivity contribution < 1.29 is 28.5 Å². The van der Waals surface area contributed by atoms with E-state index in [0.29, 0.717) is 30.3 Å². The highest BCUT2D eigenvalue weighted by Crippen LogP contribution is 2.43. The van der Waals surface area contributed by atoms with E-state index in [-0.39, 0.29) is 11.8 Å². The zero-order valence-electron chi connectivity index (χ0n) is 40.4. The van der Waals surface area contributed by atoms with E-state index >= 15 is 0 Å². The van der Waals surface area contributed by atoms with Crippen LogP contribution in [0.25, 0.3) is 22.5 Å². The maximum atomic E-state index is 14.4. The van der Waals surface area contributed by atoms with Gasteiger partial charge in [-0.05, 0) is 132 Å². The molecule has 74 heavy (non-hydrogen) atoms. The van der Waals surface area contributed by atoms with Gasteiger partial charge < -0.3 is 29.6 Å². The zero-order valence-corrected chi connectivity index (χ0v) is 45.3. The molecular weight excluding hydrogens is 1050 g/mol. The summed E-state index contributed by atoms with van der Waals surface area (Å²) in [4.78, 5) is 41.9. The second kappa shape index (κ2) is 22.8. The molecular formula is C56H48N6O6S6. The quantitative estimate of drug-likeness (QED) is 0.0746. The molecule has 2 saturated heterocycles. The van der Waals surface area contributed by atoms with Crippen LogP contribution in [0, 0.1) is 0 Å². The molecule has 4 atom stereocenters. The van der Waals surface area contributed by atoms with E-state index < -0.39 is 22.6 Å². The number of rotatable bonds is 19. The molecule has 2 fully saturated rings. The molecule has 2 N–H and O–H groups in total. The molecule has 4 heterocycles. The number of benzene rings is 6. The molecule has 12 nitrogen and oxygen atoms in total. The summed E-state index contributed by atoms with van der Waals surface area (Å²) in [6.45, 7) is 0. The van der Waals surface area contributed by atoms with Gasteiger partial charge >= 0.3 is 0 Å². The summed E-state index contributed by atoms with van der Waals surface area (Å²) >= 11 is 17.5. The van der Waals surface area contributed by atoms with Crippen LogP contribution >= 0.6 is 70.6 Å². The van der Waals surface area contributed by atoms with E-state index in [0.717, 1.165) is 80.6 Å². The summed E-state index contributed by atoms with van der Waals surface area (Å²) < 4.78 is 22.5. The Morgan fingerprint density at radius 3 is 1.14 bits per heavy atom. The second-order valence-electron chi connectivity index (χ2n) is 17.1. The first-order chi connectivity index (χ1) is 36.1. The first-order valence-electron chi connectivity index (χ1n) is 23.4. The maximum Gasteiger partial charge on any atom is 0.248 e. The van der Waals surface area contributed by atoms with Crippen LogP contribution in [-0.2, 0) is 22.4 Å². The SMILES string of the molecule is COc1ccc(-c2csc(NC(c3ccc(OC)cc3)C3SC(=S)N(c4ccc(CCc5ccc(N6C(=O)C(C(Nc7nc(-c8ccc(OC)cc8)cs7)c7ccc(OC)cc7)SC6=S)cc5)cc4)C3=O)n2)cc1. The first kappa shape index (κ1) is 50.7. The predicted octanol–water partition coefficient (Wildman–Crippen LogP) is 12.9. The molecule has 0 radical (unpaired) electrons. The molecule has 0 aliphatic carbocycles. The summed E-state index contributed by atoms with van der Waals surface area (Å²) in [5, 5.41) is 11.4. The van der Waals surface area contributed by atoms with Gasteiger partial charge in [0.15, 0.2) is 10.3 Å². The molecule has 8 aromatic rings. The Labute approximate surface area is 456 Å². The maximum absolute atomic E-state index is 14.4. The first-order valence-corrected chi connectivity index (χ1v) is 27.7. The van der Waals surface area contributed by atoms with Crippen molar-refractivity contribution >= 4 is 113 Å². The van der Waals surface area contributed by atoms with E-state index in [1.165, 1.54) is 46.2 Å². The van der Waals surface area contributed by atoms with Gasteiger partial charge in [0, 0.05) is 21.9 Å². The van der Waals surface area contributed by atoms with Crippen molar-refractivity contribution in [2.75, 3.05) is 48.9 Å². The van der Waals surface area contributed by atoms with Gasteiger partial charge in [-0.3, -0.25) is 19.4 Å². The smallest absolute Gasteiger partial charge is 0.248 e. The minimum Gasteiger partial charge on any atom is -0.497 e. The summed E-state index contributed by atoms with van der Waals surface area (Å²) in [7, 11) is 6.54. The van der Waals surface area contributed by atoms with Crippen molar-refractivity contribution in [3.05, 3.63) is 179 Å². The molecule has 0 bridgehead atoms. The molecule has 0 saturated carbocycles. The van der Waals surface area contributed by atoms with E-state index in [1.54, 1.807) is 38.2 Å². The van der Waals surface area contributed by atoms with Gasteiger partial charge in [0.25, 0.3) is 0 Å². The number of carbonyl (C=O) groups excluding carboxylic acids is 2. The van der Waals surface area contributed by atoms with Gasteiger partial charge in [-0.1, -0.05) is 96.5 Å². The minimum atomic E-state index is -0.559. The molecule has 2 amide bonds. The topological polar surface area (TPSA) is 127 Å². The van der Waals surface area contributed by atoms with Crippen LogP contribution < -0.4 is 39.4 Å². The number of methoxy groups -OCH3 is 4. The summed E-state index contributed by atoms with van der Waals surface area (Å²) in [5.41, 5.74) is 9.02. The van der Waals surface area contributed by atoms with E-state index in [9.17, 15) is 9.59 Å². The van der Waals surface area contributed by atoms with Gasteiger partial charge in [0.05, 0.1) is 63.3 Å². The number of hydrogen-bond acceptors (Lipinski definition) is 16. The number of thioether (sulfide) groups is 2. The van der Waals surface area contributed by atoms with Crippen LogP contribution in [0.3, 0.4) is 0 Å². The van der Waals surface area contributed by atoms with Crippen molar-refractivity contribution in [1.82, 2.24) is 9.97 Å². The third-order valence-corrected chi connectivity index (χ3v) is 17.4. The molecule has 4 unspecified atom stereocenters. The highest BCUT2D eigenvalue weighted by atomic mass is 32.2. The Morgan fingerprint density at radius 1 is 0.486 bits per heavy atom. The molecule has 18 heteroatoms. The molecule has 2 aliphatic heterocycles. The number of thiocarbonyl (C=S) groups is 2. The van der Waals surface area contributed by atoms with Crippen molar-refractivity contribution in [2.45, 2.75) is 35.4 Å². The lowest BCUT2D eigenvalue weighted by molar-refractivity contribution is -0.117. The van der Waals surface area contributed by atoms with Crippen molar-refractivity contribution in [3.63, 3.8) is 0 Å². The van der Waals surface area contributed by atoms with Crippen LogP contribution in [0.4, 0.5) is 21.6 Å². The van der Waals surface area contributed by atoms with E-state index in [4.69, 9.17) is 53.4 Å². The predicted molar refractivity (Wildman–Crippen MR) is 310 cm³/mol. The number of aromatic nitrogens is 2. The van der Waals surface area contributed by atoms with Crippen LogP contribution in [0.15, 0.2) is 156 Å². The van der Waals surface area contributed by atoms with Gasteiger partial charge in [-0.2, -0.15) is 0 Å². The van der Waals surface area contributed by atoms with Crippen molar-refractivity contribution in [1.29, 1.82) is 0 Å². The van der Waals surface area contributed by atoms with Crippen molar-refractivity contribution in [3.8, 4) is 45.5 Å². The standard InChI is InChI=1S/C56H48N6O6S6/c1-65-41-23-11-35(12-24-41)45-31-71-53(57-45)59-47(37-15-27-43(67-3)28-16-37)49-51(63)61(55(69)73-49)39-19-7-33(8-20-39)5-6-34-9-21-40(22-10-34)62-52(64)50(74-56(62)70)48(38-17-29-44(68-4)30-18-38)60-54-58-46(32-72-54)36-13-25-42(66-2)26-14-36/h7-32,47-50H,5-6H2,1-4H3,(H,57,59)(H,58,60). The Hall–Kier alpha value is -6.80. The molecule has 10 rings (SSSR count). The highest BCUT2D eigenvalue weighted by molar-refractivity contribution is 8.25. The van der Waals surface area contributed by atoms with Gasteiger partial charge in [-0.25, -0.2) is 9.97 Å². The molecule has 2 aromatic heterocycles. The van der Waals surface area contributed by atoms with E-state index in [1.807, 2.05) is 156 Å². The van der Waals surface area contributed by atoms with Crippen molar-refractivity contribution in [2.24, 2.45) is 0 Å². The fraction of sp³-hybridized carbons (Fsp3) is 0.179. The lowest BCUT2D eigenvalue weighted by Crippen LogP contribution is -2.35. The number of nitrogens with one attached hydrogen (secondary N) is 2. The monoisotopic (exact) mass is 1090 g/mol. The van der Waals surface area contributed by atoms with Gasteiger partial charge in [0.1, 0.15) is 42.1 Å². The third kappa shape index (κ3) is 11.0. The number of amides is 2. The molecule has 6 aromatic carbocycles. The summed E-state index contributed by atoms with van der Waals surface area (Å²) in [6, 6.07) is 46.1. The van der Waals surface area contributed by atoms with Gasteiger partial charge in [-0.15, -0.1) is 22.7 Å². The van der Waals surface area contributed by atoms with Gasteiger partial charge in [0.2, 0.25) is 11.8 Å². The average molecular weight is 1090 g/mol. The fourth-order valence-corrected chi connectivity index (χ4v) is 13.4. The number of thiazole rings is 2. The Bertz CT molecular complexity index is 3060. The Balaban J connectivity index is 0.791. The number of hydrogen-bond donors (Lipinski definition) is 2. The van der Waals surface area contributed by atoms with Crippen LogP contribution in [0.5, 0.6) is 23.0 Å². The second-order valence-corrected chi connectivity index (χ2v) is 22.4. The van der Waals surface area contributed by atoms with Crippen LogP contribution in [0.2, 0.25) is 0 Å². The number of nitrogens with zero attached hydrogens (tertiary/aromatic N) is 4. The highest BCUT2D eigenvalue weighted by Gasteiger charge is 2.45. The molecule has 374 valence electrons. The lowest BCUT2D eigenvalue weighted by atomic mass is 10.0. The third-order valence-electron chi connectivity index (χ3n) is 12.7. The number of anilines is 4. The number of ether oxygens (including phenoxy) is 4. The zero-order chi connectivity index (χ0) is 51.3. The molecule has 0 spiro atoms. The van der Waals surface area contributed by atoms with Crippen LogP contribution in [0.1, 0.15) is 34.3 Å². The lowest BCUT2D eigenvalue weighted by Gasteiger charge is -2.24. The normalized spacial score (nSPS) is 16.3.